The molecule has 12 rings (SSSR count). The van der Waals surface area contributed by atoms with E-state index in [0.717, 1.165) is 114 Å². The fourth-order valence-electron chi connectivity index (χ4n) is 16.6. The van der Waals surface area contributed by atoms with Crippen LogP contribution in [0.25, 0.3) is 72.4 Å². The second kappa shape index (κ2) is 37.8. The van der Waals surface area contributed by atoms with Gasteiger partial charge >= 0.3 is 0 Å². The molecule has 1 aliphatic rings. The highest BCUT2D eigenvalue weighted by Gasteiger charge is 2.43. The molecule has 0 saturated carbocycles. The third-order valence-electron chi connectivity index (χ3n) is 22.6. The Labute approximate surface area is 632 Å². The van der Waals surface area contributed by atoms with Gasteiger partial charge in [0.25, 0.3) is 0 Å². The van der Waals surface area contributed by atoms with Gasteiger partial charge in [-0.25, -0.2) is 15.0 Å². The van der Waals surface area contributed by atoms with Crippen LogP contribution in [0.3, 0.4) is 0 Å². The van der Waals surface area contributed by atoms with Crippen molar-refractivity contribution in [2.45, 2.75) is 287 Å². The molecule has 0 aliphatic heterocycles. The van der Waals surface area contributed by atoms with Crippen LogP contribution in [0.1, 0.15) is 291 Å². The van der Waals surface area contributed by atoms with Crippen LogP contribution >= 0.6 is 0 Å². The van der Waals surface area contributed by atoms with Gasteiger partial charge in [-0.15, -0.1) is 0 Å². The molecule has 0 atom stereocenters. The van der Waals surface area contributed by atoms with E-state index in [1.165, 1.54) is 221 Å². The van der Waals surface area contributed by atoms with Crippen molar-refractivity contribution >= 4 is 33.1 Å². The lowest BCUT2D eigenvalue weighted by Crippen LogP contribution is -2.28. The van der Waals surface area contributed by atoms with E-state index in [1.807, 2.05) is 0 Å². The highest BCUT2D eigenvalue weighted by molar-refractivity contribution is 5.88. The molecule has 0 bridgehead atoms. The molecule has 0 fully saturated rings. The van der Waals surface area contributed by atoms with Gasteiger partial charge in [0.2, 0.25) is 0 Å². The van der Waals surface area contributed by atoms with Gasteiger partial charge in [-0.2, -0.15) is 0 Å². The number of fused-ring (bicyclic) bond motifs is 6. The number of nitrogens with zero attached hydrogens (tertiary/aromatic N) is 6. The van der Waals surface area contributed by atoms with Crippen LogP contribution in [0.15, 0.2) is 158 Å². The van der Waals surface area contributed by atoms with Crippen molar-refractivity contribution in [3.63, 3.8) is 0 Å². The minimum Gasteiger partial charge on any atom is -0.494 e. The number of unbranched alkanes of at least 4 members (excludes halogenated alkanes) is 20. The minimum absolute atomic E-state index is 0.0885. The van der Waals surface area contributed by atoms with E-state index in [4.69, 9.17) is 24.4 Å². The smallest absolute Gasteiger partial charge is 0.127 e. The Morgan fingerprint density at radius 1 is 0.371 bits per heavy atom. The van der Waals surface area contributed by atoms with Gasteiger partial charge in [-0.05, 0) is 238 Å². The lowest BCUT2D eigenvalue weighted by atomic mass is 9.70. The van der Waals surface area contributed by atoms with E-state index in [1.54, 1.807) is 11.1 Å². The van der Waals surface area contributed by atoms with Crippen LogP contribution in [-0.2, 0) is 23.7 Å². The third-order valence-corrected chi connectivity index (χ3v) is 22.6. The van der Waals surface area contributed by atoms with Crippen molar-refractivity contribution in [1.29, 1.82) is 0 Å². The average Bonchev–Trinajstić information content (AvgIpc) is 1.57. The molecule has 0 N–H and O–H groups in total. The number of aryl methyl sites for hydroxylation is 6. The Hall–Kier alpha value is -8.23. The maximum absolute atomic E-state index is 6.17. The van der Waals surface area contributed by atoms with E-state index in [2.05, 4.69) is 255 Å². The standard InChI is InChI=1S/C50H66N2.C47H60N4O2/c1-7-11-13-15-17-19-29-50(30-20-18-16-14-12-8-2)45-31-37(5)23-26-43(45)44-27-24-40(33-46(44)50)41-25-28-48-47(34-41)51-36-52(48)49-35-39(21-9-3)38(6)32-42(49)22-10-4;1-7-9-11-13-15-17-31-52-39-25-21-37(22-26-39)50-43-33-35(3)19-29-41(43)48-45(50)47(5,6)46-49-42-30-20-36(4)34-44(42)51(46)38-23-27-40(28-24-38)53-32-18-16-14-12-10-8-2/h23-28,31-36H,7-22,29-30H2,1-6H3;19-30,33-34H,7-18,31-32H2,1-6H3. The monoisotopic (exact) mass is 1410 g/mol. The first kappa shape index (κ1) is 77.9. The number of rotatable bonds is 40. The first-order chi connectivity index (χ1) is 51.2. The summed E-state index contributed by atoms with van der Waals surface area (Å²) < 4.78 is 19.3. The first-order valence-electron chi connectivity index (χ1n) is 41.6. The van der Waals surface area contributed by atoms with Crippen LogP contribution in [0, 0.1) is 27.7 Å². The Morgan fingerprint density at radius 3 is 1.30 bits per heavy atom. The summed E-state index contributed by atoms with van der Waals surface area (Å²) in [5, 5.41) is 0. The molecule has 3 aromatic heterocycles. The highest BCUT2D eigenvalue weighted by atomic mass is 16.5. The zero-order valence-electron chi connectivity index (χ0n) is 66.6. The molecule has 8 aromatic carbocycles. The van der Waals surface area contributed by atoms with Gasteiger partial charge in [0, 0.05) is 16.8 Å². The number of hydrogen-bond acceptors (Lipinski definition) is 5. The van der Waals surface area contributed by atoms with E-state index < -0.39 is 5.41 Å². The van der Waals surface area contributed by atoms with Crippen molar-refractivity contribution < 1.29 is 9.47 Å². The van der Waals surface area contributed by atoms with Crippen LogP contribution in [0.2, 0.25) is 0 Å². The van der Waals surface area contributed by atoms with E-state index in [9.17, 15) is 0 Å². The summed E-state index contributed by atoms with van der Waals surface area (Å²) in [6.07, 6.45) is 40.2. The van der Waals surface area contributed by atoms with Crippen LogP contribution in [-0.4, -0.2) is 41.9 Å². The number of hydrogen-bond donors (Lipinski definition) is 0. The summed E-state index contributed by atoms with van der Waals surface area (Å²) in [6.45, 7) is 28.6. The zero-order chi connectivity index (χ0) is 73.7. The highest BCUT2D eigenvalue weighted by Crippen LogP contribution is 2.55. The lowest BCUT2D eigenvalue weighted by Gasteiger charge is -2.33. The van der Waals surface area contributed by atoms with E-state index >= 15 is 0 Å². The van der Waals surface area contributed by atoms with E-state index in [0.29, 0.717) is 0 Å². The van der Waals surface area contributed by atoms with E-state index in [-0.39, 0.29) is 5.41 Å². The SMILES string of the molecule is CCCCCCCCC1(CCCCCCCC)c2cc(C)ccc2-c2ccc(-c3ccc4c(c3)ncn4-c3cc(CCC)c(C)cc3CCC)cc21.CCCCCCCCOc1ccc(-n2c(C(C)(C)c3nc4ccc(C)cc4n3-c3ccc(OCCCCCCCC)cc3)nc3ccc(C)cc32)cc1. The summed E-state index contributed by atoms with van der Waals surface area (Å²) in [5.41, 5.74) is 26.0. The van der Waals surface area contributed by atoms with Gasteiger partial charge in [0.15, 0.2) is 0 Å². The maximum Gasteiger partial charge on any atom is 0.127 e. The number of benzene rings is 8. The van der Waals surface area contributed by atoms with Crippen LogP contribution in [0.5, 0.6) is 11.5 Å². The predicted octanol–water partition coefficient (Wildman–Crippen LogP) is 27.8. The normalized spacial score (nSPS) is 12.5. The summed E-state index contributed by atoms with van der Waals surface area (Å²) >= 11 is 0. The number of ether oxygens (including phenoxy) is 2. The van der Waals surface area contributed by atoms with Gasteiger partial charge in [0.05, 0.1) is 57.4 Å². The second-order valence-electron chi connectivity index (χ2n) is 31.5. The van der Waals surface area contributed by atoms with Gasteiger partial charge in [-0.3, -0.25) is 13.7 Å². The molecule has 3 heterocycles. The van der Waals surface area contributed by atoms with Crippen molar-refractivity contribution in [1.82, 2.24) is 28.7 Å². The molecule has 8 nitrogen and oxygen atoms in total. The van der Waals surface area contributed by atoms with Crippen LogP contribution in [0.4, 0.5) is 0 Å². The lowest BCUT2D eigenvalue weighted by molar-refractivity contribution is 0.304. The quantitative estimate of drug-likeness (QED) is 0.0358. The molecular formula is C97H126N6O2. The van der Waals surface area contributed by atoms with Gasteiger partial charge in [0.1, 0.15) is 29.5 Å². The molecule has 0 amide bonds. The molecule has 0 unspecified atom stereocenters. The third kappa shape index (κ3) is 18.8. The molecule has 0 spiro atoms. The van der Waals surface area contributed by atoms with Crippen molar-refractivity contribution in [3.8, 4) is 50.8 Å². The predicted molar refractivity (Wildman–Crippen MR) is 448 cm³/mol. The second-order valence-corrected chi connectivity index (χ2v) is 31.5. The molecule has 1 aliphatic carbocycles. The van der Waals surface area contributed by atoms with Crippen molar-refractivity contribution in [2.75, 3.05) is 13.2 Å². The van der Waals surface area contributed by atoms with Gasteiger partial charge in [-0.1, -0.05) is 256 Å². The summed E-state index contributed by atoms with van der Waals surface area (Å²) in [7, 11) is 0. The van der Waals surface area contributed by atoms with Crippen molar-refractivity contribution in [2.24, 2.45) is 0 Å². The minimum atomic E-state index is -0.584. The van der Waals surface area contributed by atoms with Gasteiger partial charge < -0.3 is 9.47 Å². The molecular weight excluding hydrogens is 1280 g/mol. The molecule has 0 saturated heterocycles. The molecule has 11 aromatic rings. The Bertz CT molecular complexity index is 4390. The Balaban J connectivity index is 0.000000210. The Kier molecular flexibility index (Phi) is 28.1. The summed E-state index contributed by atoms with van der Waals surface area (Å²) in [6, 6.07) is 56.6. The molecule has 8 heteroatoms. The Morgan fingerprint density at radius 2 is 0.800 bits per heavy atom. The molecule has 0 radical (unpaired) electrons. The number of aromatic nitrogens is 6. The summed E-state index contributed by atoms with van der Waals surface area (Å²) in [4.78, 5) is 15.7. The largest absolute Gasteiger partial charge is 0.494 e. The molecule has 105 heavy (non-hydrogen) atoms. The van der Waals surface area contributed by atoms with Crippen LogP contribution < -0.4 is 9.47 Å². The zero-order valence-corrected chi connectivity index (χ0v) is 66.6. The number of imidazole rings is 3. The first-order valence-corrected chi connectivity index (χ1v) is 41.6. The fourth-order valence-corrected chi connectivity index (χ4v) is 16.6. The average molecular weight is 1410 g/mol. The summed E-state index contributed by atoms with van der Waals surface area (Å²) in [5.74, 6) is 3.68. The molecule has 556 valence electrons. The van der Waals surface area contributed by atoms with Crippen molar-refractivity contribution in [3.05, 3.63) is 214 Å². The fraction of sp³-hybridized carbons (Fsp3) is 0.474. The topological polar surface area (TPSA) is 71.9 Å². The maximum atomic E-state index is 6.17.